The first kappa shape index (κ1) is 14.7. The average Bonchev–Trinajstić information content (AvgIpc) is 2.92. The molecule has 0 aliphatic carbocycles. The van der Waals surface area contributed by atoms with Gasteiger partial charge in [0.25, 0.3) is 0 Å². The molecule has 1 fully saturated rings. The Kier molecular flexibility index (Phi) is 4.13. The molecule has 2 aromatic rings. The van der Waals surface area contributed by atoms with Gasteiger partial charge in [-0.25, -0.2) is 9.37 Å². The quantitative estimate of drug-likeness (QED) is 0.874. The predicted octanol–water partition coefficient (Wildman–Crippen LogP) is 4.29. The molecule has 1 aliphatic heterocycles. The lowest BCUT2D eigenvalue weighted by molar-refractivity contribution is 0.334. The van der Waals surface area contributed by atoms with Crippen LogP contribution in [-0.4, -0.2) is 15.6 Å². The second-order valence-electron chi connectivity index (χ2n) is 5.79. The van der Waals surface area contributed by atoms with Crippen LogP contribution in [0.5, 0.6) is 0 Å². The van der Waals surface area contributed by atoms with Crippen LogP contribution in [0.3, 0.4) is 0 Å². The second kappa shape index (κ2) is 5.89. The van der Waals surface area contributed by atoms with Gasteiger partial charge < -0.3 is 9.88 Å². The number of piperidine rings is 1. The molecule has 2 unspecified atom stereocenters. The van der Waals surface area contributed by atoms with E-state index in [0.29, 0.717) is 16.6 Å². The number of benzene rings is 1. The Morgan fingerprint density at radius 1 is 1.38 bits per heavy atom. The number of hydrogen-bond donors (Lipinski definition) is 1. The maximum absolute atomic E-state index is 13.6. The number of aryl methyl sites for hydroxylation is 1. The smallest absolute Gasteiger partial charge is 0.137 e. The molecule has 2 atom stereocenters. The Bertz CT molecular complexity index is 653. The topological polar surface area (TPSA) is 29.9 Å². The van der Waals surface area contributed by atoms with Crippen molar-refractivity contribution in [2.24, 2.45) is 0 Å². The van der Waals surface area contributed by atoms with E-state index in [1.54, 1.807) is 6.07 Å². The molecule has 0 saturated carbocycles. The number of imidazole rings is 1. The van der Waals surface area contributed by atoms with Gasteiger partial charge in [-0.2, -0.15) is 0 Å². The van der Waals surface area contributed by atoms with Gasteiger partial charge in [-0.1, -0.05) is 0 Å². The normalized spacial score (nSPS) is 22.5. The van der Waals surface area contributed by atoms with Crippen molar-refractivity contribution in [1.82, 2.24) is 14.9 Å². The highest BCUT2D eigenvalue weighted by atomic mass is 79.9. The second-order valence-corrected chi connectivity index (χ2v) is 6.65. The first-order valence-electron chi connectivity index (χ1n) is 7.30. The first-order chi connectivity index (χ1) is 10.1. The minimum Gasteiger partial charge on any atom is -0.306 e. The van der Waals surface area contributed by atoms with E-state index in [1.165, 1.54) is 12.8 Å². The van der Waals surface area contributed by atoms with Gasteiger partial charge >= 0.3 is 0 Å². The first-order valence-corrected chi connectivity index (χ1v) is 8.10. The fraction of sp³-hybridized carbons (Fsp3) is 0.438. The van der Waals surface area contributed by atoms with Crippen LogP contribution in [0.1, 0.15) is 43.5 Å². The lowest BCUT2D eigenvalue weighted by Gasteiger charge is -2.29. The number of nitrogens with zero attached hydrogens (tertiary/aromatic N) is 2. The highest BCUT2D eigenvalue weighted by Gasteiger charge is 2.23. The van der Waals surface area contributed by atoms with Crippen LogP contribution < -0.4 is 5.32 Å². The molecule has 112 valence electrons. The number of hydrogen-bond acceptors (Lipinski definition) is 2. The Labute approximate surface area is 132 Å². The molecule has 1 aliphatic rings. The van der Waals surface area contributed by atoms with Crippen molar-refractivity contribution in [1.29, 1.82) is 0 Å². The Morgan fingerprint density at radius 3 is 2.95 bits per heavy atom. The minimum absolute atomic E-state index is 0.234. The molecular weight excluding hydrogens is 333 g/mol. The number of aromatic nitrogens is 2. The van der Waals surface area contributed by atoms with Gasteiger partial charge in [0.2, 0.25) is 0 Å². The SMILES string of the molecule is Cc1cc(F)c(Br)cc1-n1cncc1C1CCCC(C)N1. The summed E-state index contributed by atoms with van der Waals surface area (Å²) in [6, 6.07) is 4.20. The van der Waals surface area contributed by atoms with Crippen molar-refractivity contribution < 1.29 is 4.39 Å². The molecule has 1 aromatic heterocycles. The van der Waals surface area contributed by atoms with E-state index in [1.807, 2.05) is 25.5 Å². The van der Waals surface area contributed by atoms with Crippen molar-refractivity contribution in [3.8, 4) is 5.69 Å². The Hall–Kier alpha value is -1.20. The molecule has 5 heteroatoms. The molecule has 0 amide bonds. The summed E-state index contributed by atoms with van der Waals surface area (Å²) in [4.78, 5) is 4.31. The van der Waals surface area contributed by atoms with Gasteiger partial charge in [-0.3, -0.25) is 0 Å². The third kappa shape index (κ3) is 2.90. The fourth-order valence-corrected chi connectivity index (χ4v) is 3.36. The lowest BCUT2D eigenvalue weighted by Crippen LogP contribution is -2.35. The summed E-state index contributed by atoms with van der Waals surface area (Å²) in [6.45, 7) is 4.14. The van der Waals surface area contributed by atoms with Gasteiger partial charge in [0, 0.05) is 12.1 Å². The summed E-state index contributed by atoms with van der Waals surface area (Å²) >= 11 is 3.27. The summed E-state index contributed by atoms with van der Waals surface area (Å²) < 4.78 is 16.2. The van der Waals surface area contributed by atoms with Gasteiger partial charge in [-0.15, -0.1) is 0 Å². The van der Waals surface area contributed by atoms with Crippen molar-refractivity contribution in [3.05, 3.63) is 46.2 Å². The molecule has 0 bridgehead atoms. The molecule has 3 rings (SSSR count). The van der Waals surface area contributed by atoms with E-state index in [4.69, 9.17) is 0 Å². The zero-order valence-electron chi connectivity index (χ0n) is 12.2. The van der Waals surface area contributed by atoms with E-state index in [2.05, 4.69) is 37.7 Å². The molecule has 1 N–H and O–H groups in total. The number of halogens is 2. The van der Waals surface area contributed by atoms with Crippen molar-refractivity contribution in [2.75, 3.05) is 0 Å². The molecule has 2 heterocycles. The van der Waals surface area contributed by atoms with Crippen LogP contribution in [0.2, 0.25) is 0 Å². The van der Waals surface area contributed by atoms with Crippen LogP contribution in [0, 0.1) is 12.7 Å². The minimum atomic E-state index is -0.234. The summed E-state index contributed by atoms with van der Waals surface area (Å²) in [5.74, 6) is -0.234. The van der Waals surface area contributed by atoms with Crippen molar-refractivity contribution in [2.45, 2.75) is 45.2 Å². The number of rotatable bonds is 2. The van der Waals surface area contributed by atoms with Crippen LogP contribution in [-0.2, 0) is 0 Å². The van der Waals surface area contributed by atoms with Gasteiger partial charge in [0.1, 0.15) is 5.82 Å². The van der Waals surface area contributed by atoms with Crippen LogP contribution >= 0.6 is 15.9 Å². The molecule has 1 saturated heterocycles. The molecule has 1 aromatic carbocycles. The van der Waals surface area contributed by atoms with Crippen molar-refractivity contribution in [3.63, 3.8) is 0 Å². The van der Waals surface area contributed by atoms with E-state index >= 15 is 0 Å². The molecular formula is C16H19BrFN3. The molecule has 0 spiro atoms. The van der Waals surface area contributed by atoms with Crippen molar-refractivity contribution >= 4 is 15.9 Å². The van der Waals surface area contributed by atoms with Crippen LogP contribution in [0.15, 0.2) is 29.1 Å². The van der Waals surface area contributed by atoms with Gasteiger partial charge in [0.05, 0.1) is 28.4 Å². The molecule has 0 radical (unpaired) electrons. The van der Waals surface area contributed by atoms with E-state index in [9.17, 15) is 4.39 Å². The average molecular weight is 352 g/mol. The monoisotopic (exact) mass is 351 g/mol. The maximum Gasteiger partial charge on any atom is 0.137 e. The van der Waals surface area contributed by atoms with Gasteiger partial charge in [-0.05, 0) is 66.7 Å². The largest absolute Gasteiger partial charge is 0.306 e. The highest BCUT2D eigenvalue weighted by molar-refractivity contribution is 9.10. The summed E-state index contributed by atoms with van der Waals surface area (Å²) in [5.41, 5.74) is 3.01. The van der Waals surface area contributed by atoms with E-state index in [0.717, 1.165) is 23.4 Å². The van der Waals surface area contributed by atoms with Crippen LogP contribution in [0.25, 0.3) is 5.69 Å². The Balaban J connectivity index is 2.01. The summed E-state index contributed by atoms with van der Waals surface area (Å²) in [5, 5.41) is 3.63. The maximum atomic E-state index is 13.6. The molecule has 21 heavy (non-hydrogen) atoms. The lowest BCUT2D eigenvalue weighted by atomic mass is 9.97. The number of nitrogens with one attached hydrogen (secondary N) is 1. The van der Waals surface area contributed by atoms with Gasteiger partial charge in [0.15, 0.2) is 0 Å². The van der Waals surface area contributed by atoms with Crippen LogP contribution in [0.4, 0.5) is 4.39 Å². The third-order valence-electron chi connectivity index (χ3n) is 4.14. The van der Waals surface area contributed by atoms with E-state index in [-0.39, 0.29) is 5.82 Å². The predicted molar refractivity (Wildman–Crippen MR) is 85.1 cm³/mol. The zero-order chi connectivity index (χ0) is 15.0. The summed E-state index contributed by atoms with van der Waals surface area (Å²) in [6.07, 6.45) is 7.26. The fourth-order valence-electron chi connectivity index (χ4n) is 3.03. The highest BCUT2D eigenvalue weighted by Crippen LogP contribution is 2.30. The van der Waals surface area contributed by atoms with E-state index < -0.39 is 0 Å². The standard InChI is InChI=1S/C16H19BrFN3/c1-10-6-13(18)12(17)7-15(10)21-9-19-8-16(21)14-5-3-4-11(2)20-14/h6-9,11,14,20H,3-5H2,1-2H3. The molecule has 3 nitrogen and oxygen atoms in total. The zero-order valence-corrected chi connectivity index (χ0v) is 13.8. The Morgan fingerprint density at radius 2 is 2.19 bits per heavy atom. The third-order valence-corrected chi connectivity index (χ3v) is 4.75. The summed E-state index contributed by atoms with van der Waals surface area (Å²) in [7, 11) is 0.